The lowest BCUT2D eigenvalue weighted by Crippen LogP contribution is -2.25. The van der Waals surface area contributed by atoms with Gasteiger partial charge in [-0.3, -0.25) is 0 Å². The van der Waals surface area contributed by atoms with Crippen LogP contribution in [0.5, 0.6) is 0 Å². The molecule has 1 fully saturated rings. The maximum atomic E-state index is 4.55. The molecule has 0 atom stereocenters. The predicted octanol–water partition coefficient (Wildman–Crippen LogP) is 2.36. The van der Waals surface area contributed by atoms with Gasteiger partial charge >= 0.3 is 0 Å². The molecule has 0 spiro atoms. The first-order valence-electron chi connectivity index (χ1n) is 7.47. The van der Waals surface area contributed by atoms with E-state index in [-0.39, 0.29) is 5.41 Å². The van der Waals surface area contributed by atoms with Crippen LogP contribution in [-0.4, -0.2) is 41.6 Å². The molecule has 0 bridgehead atoms. The molecule has 0 amide bonds. The molecule has 0 radical (unpaired) electrons. The fourth-order valence-corrected chi connectivity index (χ4v) is 2.06. The van der Waals surface area contributed by atoms with Gasteiger partial charge in [-0.2, -0.15) is 15.0 Å². The molecular weight excluding hydrogens is 252 g/mol. The van der Waals surface area contributed by atoms with E-state index in [1.165, 1.54) is 12.8 Å². The van der Waals surface area contributed by atoms with Crippen molar-refractivity contribution in [3.8, 4) is 0 Å². The zero-order chi connectivity index (χ0) is 14.6. The van der Waals surface area contributed by atoms with Crippen molar-refractivity contribution < 1.29 is 0 Å². The second kappa shape index (κ2) is 6.24. The first kappa shape index (κ1) is 14.8. The highest BCUT2D eigenvalue weighted by atomic mass is 15.3. The molecule has 6 heteroatoms. The van der Waals surface area contributed by atoms with Gasteiger partial charge in [0, 0.05) is 26.7 Å². The molecule has 1 saturated heterocycles. The van der Waals surface area contributed by atoms with Crippen molar-refractivity contribution in [1.82, 2.24) is 15.0 Å². The SMILES string of the molecule is CCC(C)(C)CNc1nc(NC)nc(N2CCCC2)n1. The van der Waals surface area contributed by atoms with Crippen LogP contribution in [0.2, 0.25) is 0 Å². The third-order valence-electron chi connectivity index (χ3n) is 3.92. The smallest absolute Gasteiger partial charge is 0.231 e. The Morgan fingerprint density at radius 1 is 1.10 bits per heavy atom. The first-order valence-corrected chi connectivity index (χ1v) is 7.47. The Labute approximate surface area is 121 Å². The molecule has 112 valence electrons. The van der Waals surface area contributed by atoms with Crippen LogP contribution in [0.1, 0.15) is 40.0 Å². The van der Waals surface area contributed by atoms with Gasteiger partial charge in [-0.25, -0.2) is 0 Å². The highest BCUT2D eigenvalue weighted by molar-refractivity contribution is 5.44. The highest BCUT2D eigenvalue weighted by Gasteiger charge is 2.19. The summed E-state index contributed by atoms with van der Waals surface area (Å²) in [6, 6.07) is 0. The molecule has 0 unspecified atom stereocenters. The molecule has 2 rings (SSSR count). The van der Waals surface area contributed by atoms with Crippen LogP contribution in [0, 0.1) is 5.41 Å². The Kier molecular flexibility index (Phi) is 4.62. The Morgan fingerprint density at radius 3 is 2.35 bits per heavy atom. The standard InChI is InChI=1S/C14H26N6/c1-5-14(2,3)10-16-12-17-11(15-4)18-13(19-12)20-8-6-7-9-20/h5-10H2,1-4H3,(H2,15,16,17,18,19). The van der Waals surface area contributed by atoms with E-state index in [2.05, 4.69) is 51.3 Å². The third-order valence-corrected chi connectivity index (χ3v) is 3.92. The van der Waals surface area contributed by atoms with E-state index in [4.69, 9.17) is 0 Å². The third kappa shape index (κ3) is 3.71. The summed E-state index contributed by atoms with van der Waals surface area (Å²) in [6.07, 6.45) is 3.54. The van der Waals surface area contributed by atoms with E-state index < -0.39 is 0 Å². The largest absolute Gasteiger partial charge is 0.357 e. The van der Waals surface area contributed by atoms with Crippen LogP contribution >= 0.6 is 0 Å². The number of hydrogen-bond acceptors (Lipinski definition) is 6. The molecule has 1 aliphatic rings. The van der Waals surface area contributed by atoms with E-state index in [1.807, 2.05) is 7.05 Å². The van der Waals surface area contributed by atoms with Gasteiger partial charge in [-0.05, 0) is 24.7 Å². The van der Waals surface area contributed by atoms with Gasteiger partial charge in [-0.1, -0.05) is 20.8 Å². The predicted molar refractivity (Wildman–Crippen MR) is 83.4 cm³/mol. The molecule has 1 aliphatic heterocycles. The van der Waals surface area contributed by atoms with Crippen molar-refractivity contribution in [2.24, 2.45) is 5.41 Å². The van der Waals surface area contributed by atoms with Gasteiger partial charge in [0.25, 0.3) is 0 Å². The van der Waals surface area contributed by atoms with E-state index in [9.17, 15) is 0 Å². The molecule has 0 aromatic carbocycles. The Balaban J connectivity index is 2.13. The summed E-state index contributed by atoms with van der Waals surface area (Å²) in [5, 5.41) is 6.36. The molecule has 0 aliphatic carbocycles. The molecule has 1 aromatic rings. The second-order valence-electron chi connectivity index (χ2n) is 6.10. The molecule has 1 aromatic heterocycles. The summed E-state index contributed by atoms with van der Waals surface area (Å²) in [5.41, 5.74) is 0.236. The maximum absolute atomic E-state index is 4.55. The fourth-order valence-electron chi connectivity index (χ4n) is 2.06. The topological polar surface area (TPSA) is 66.0 Å². The fraction of sp³-hybridized carbons (Fsp3) is 0.786. The van der Waals surface area contributed by atoms with Crippen molar-refractivity contribution in [1.29, 1.82) is 0 Å². The van der Waals surface area contributed by atoms with Gasteiger partial charge in [0.05, 0.1) is 0 Å². The summed E-state index contributed by atoms with van der Waals surface area (Å²) in [7, 11) is 1.84. The minimum absolute atomic E-state index is 0.236. The molecule has 6 nitrogen and oxygen atoms in total. The minimum atomic E-state index is 0.236. The average molecular weight is 278 g/mol. The second-order valence-corrected chi connectivity index (χ2v) is 6.10. The van der Waals surface area contributed by atoms with Gasteiger partial charge in [0.2, 0.25) is 17.8 Å². The quantitative estimate of drug-likeness (QED) is 0.833. The average Bonchev–Trinajstić information content (AvgIpc) is 2.99. The van der Waals surface area contributed by atoms with Crippen molar-refractivity contribution in [2.75, 3.05) is 42.2 Å². The summed E-state index contributed by atoms with van der Waals surface area (Å²) < 4.78 is 0. The van der Waals surface area contributed by atoms with Gasteiger partial charge in [0.15, 0.2) is 0 Å². The van der Waals surface area contributed by atoms with Crippen LogP contribution < -0.4 is 15.5 Å². The highest BCUT2D eigenvalue weighted by Crippen LogP contribution is 2.21. The van der Waals surface area contributed by atoms with Gasteiger partial charge < -0.3 is 15.5 Å². The molecule has 0 saturated carbocycles. The van der Waals surface area contributed by atoms with E-state index >= 15 is 0 Å². The lowest BCUT2D eigenvalue weighted by molar-refractivity contribution is 0.376. The van der Waals surface area contributed by atoms with Crippen LogP contribution in [0.4, 0.5) is 17.8 Å². The summed E-state index contributed by atoms with van der Waals surface area (Å²) in [4.78, 5) is 15.6. The first-order chi connectivity index (χ1) is 9.54. The Bertz CT molecular complexity index is 439. The summed E-state index contributed by atoms with van der Waals surface area (Å²) in [5.74, 6) is 2.06. The molecule has 2 N–H and O–H groups in total. The zero-order valence-corrected chi connectivity index (χ0v) is 13.0. The number of nitrogens with zero attached hydrogens (tertiary/aromatic N) is 4. The van der Waals surface area contributed by atoms with Gasteiger partial charge in [0.1, 0.15) is 0 Å². The molecule has 2 heterocycles. The van der Waals surface area contributed by atoms with Crippen molar-refractivity contribution >= 4 is 17.8 Å². The Morgan fingerprint density at radius 2 is 1.75 bits per heavy atom. The van der Waals surface area contributed by atoms with E-state index in [0.717, 1.165) is 32.0 Å². The van der Waals surface area contributed by atoms with Crippen LogP contribution in [0.3, 0.4) is 0 Å². The molecule has 20 heavy (non-hydrogen) atoms. The summed E-state index contributed by atoms with van der Waals surface area (Å²) >= 11 is 0. The van der Waals surface area contributed by atoms with Gasteiger partial charge in [-0.15, -0.1) is 0 Å². The van der Waals surface area contributed by atoms with E-state index in [0.29, 0.717) is 11.9 Å². The normalized spacial score (nSPS) is 15.5. The lowest BCUT2D eigenvalue weighted by Gasteiger charge is -2.23. The van der Waals surface area contributed by atoms with Crippen LogP contribution in [0.25, 0.3) is 0 Å². The number of hydrogen-bond donors (Lipinski definition) is 2. The number of nitrogens with one attached hydrogen (secondary N) is 2. The maximum Gasteiger partial charge on any atom is 0.231 e. The van der Waals surface area contributed by atoms with Crippen LogP contribution in [0.15, 0.2) is 0 Å². The monoisotopic (exact) mass is 278 g/mol. The lowest BCUT2D eigenvalue weighted by atomic mass is 9.90. The van der Waals surface area contributed by atoms with Crippen molar-refractivity contribution in [2.45, 2.75) is 40.0 Å². The number of aromatic nitrogens is 3. The van der Waals surface area contributed by atoms with E-state index in [1.54, 1.807) is 0 Å². The Hall–Kier alpha value is -1.59. The molecular formula is C14H26N6. The van der Waals surface area contributed by atoms with Crippen molar-refractivity contribution in [3.63, 3.8) is 0 Å². The van der Waals surface area contributed by atoms with Crippen LogP contribution in [-0.2, 0) is 0 Å². The number of rotatable bonds is 6. The minimum Gasteiger partial charge on any atom is -0.357 e. The zero-order valence-electron chi connectivity index (χ0n) is 13.0. The number of anilines is 3. The van der Waals surface area contributed by atoms with Crippen molar-refractivity contribution in [3.05, 3.63) is 0 Å². The summed E-state index contributed by atoms with van der Waals surface area (Å²) in [6.45, 7) is 9.60.